The van der Waals surface area contributed by atoms with Gasteiger partial charge in [0.2, 0.25) is 0 Å². The van der Waals surface area contributed by atoms with Gasteiger partial charge in [-0.2, -0.15) is 0 Å². The van der Waals surface area contributed by atoms with Crippen LogP contribution in [0.3, 0.4) is 0 Å². The second-order valence-electron chi connectivity index (χ2n) is 9.16. The van der Waals surface area contributed by atoms with Gasteiger partial charge in [-0.05, 0) is 17.7 Å². The first kappa shape index (κ1) is 25.0. The minimum absolute atomic E-state index is 0.113. The summed E-state index contributed by atoms with van der Waals surface area (Å²) >= 11 is 0. The average molecular weight is 467 g/mol. The van der Waals surface area contributed by atoms with Crippen LogP contribution in [0, 0.1) is 5.82 Å². The summed E-state index contributed by atoms with van der Waals surface area (Å²) in [5.74, 6) is -0.396. The first-order valence-electron chi connectivity index (χ1n) is 11.8. The number of rotatable bonds is 6. The van der Waals surface area contributed by atoms with Gasteiger partial charge in [0.25, 0.3) is 0 Å². The third-order valence-electron chi connectivity index (χ3n) is 6.62. The second kappa shape index (κ2) is 11.1. The van der Waals surface area contributed by atoms with E-state index in [0.29, 0.717) is 12.1 Å². The van der Waals surface area contributed by atoms with Crippen molar-refractivity contribution >= 4 is 20.6 Å². The molecule has 5 nitrogen and oxygen atoms in total. The summed E-state index contributed by atoms with van der Waals surface area (Å²) in [6.45, 7) is 7.66. The molecular formula is C27H28B2FN3O2. The van der Waals surface area contributed by atoms with E-state index in [4.69, 9.17) is 7.74 Å². The molecule has 176 valence electrons. The van der Waals surface area contributed by atoms with Gasteiger partial charge < -0.3 is 0 Å². The molecule has 1 unspecified atom stereocenters. The van der Waals surface area contributed by atoms with Crippen LogP contribution in [0.4, 0.5) is 4.39 Å². The Hall–Kier alpha value is -3.09. The zero-order valence-electron chi connectivity index (χ0n) is 20.0. The molecule has 3 atom stereocenters. The van der Waals surface area contributed by atoms with Gasteiger partial charge in [0.15, 0.2) is 0 Å². The number of amides is 1. The maximum absolute atomic E-state index is 13.7. The Bertz CT molecular complexity index is 1210. The molecule has 0 aromatic heterocycles. The number of carbonyl (C=O) groups is 1. The number of benzene rings is 3. The van der Waals surface area contributed by atoms with Crippen LogP contribution in [-0.2, 0) is 6.54 Å². The van der Waals surface area contributed by atoms with Gasteiger partial charge in [0.05, 0.1) is 0 Å². The summed E-state index contributed by atoms with van der Waals surface area (Å²) in [6.07, 6.45) is 0. The number of phenolic OH excluding ortho intramolecular Hbond substituents is 1. The zero-order valence-corrected chi connectivity index (χ0v) is 20.0. The molecule has 0 bridgehead atoms. The van der Waals surface area contributed by atoms with Gasteiger partial charge in [0.1, 0.15) is 5.82 Å². The Morgan fingerprint density at radius 2 is 1.80 bits per heavy atom. The van der Waals surface area contributed by atoms with Crippen molar-refractivity contribution in [3.8, 4) is 5.75 Å². The van der Waals surface area contributed by atoms with Crippen LogP contribution in [0.25, 0.3) is 0 Å². The number of hydrogen-bond acceptors (Lipinski definition) is 4. The van der Waals surface area contributed by atoms with Crippen LogP contribution >= 0.6 is 0 Å². The Labute approximate surface area is 207 Å². The van der Waals surface area contributed by atoms with Gasteiger partial charge in [-0.15, -0.1) is 0 Å². The average Bonchev–Trinajstić information content (AvgIpc) is 2.83. The van der Waals surface area contributed by atoms with E-state index in [1.54, 1.807) is 36.4 Å². The standard InChI is InChI=1S/C27H28B2FN3O2/c1-18-16-33(19(2)15-32(18)17-20-5-3-7-24(30)13-20)26(23-6-4-8-25(34)14-23)21-9-11-22(12-10-21)27(35)31-29-28/h3-14,18-19,26,34H,15-17H2,1-2H3/t18-,19+,26?/m1/s1. The second-order valence-corrected chi connectivity index (χ2v) is 9.16. The molecule has 35 heavy (non-hydrogen) atoms. The van der Waals surface area contributed by atoms with Crippen molar-refractivity contribution in [3.63, 3.8) is 0 Å². The van der Waals surface area contributed by atoms with E-state index in [2.05, 4.69) is 28.5 Å². The van der Waals surface area contributed by atoms with E-state index in [0.717, 1.165) is 36.7 Å². The fraction of sp³-hybridized carbons (Fsp3) is 0.296. The van der Waals surface area contributed by atoms with E-state index in [-0.39, 0.29) is 35.6 Å². The van der Waals surface area contributed by atoms with Crippen molar-refractivity contribution in [2.45, 2.75) is 38.5 Å². The number of halogens is 1. The fourth-order valence-electron chi connectivity index (χ4n) is 4.90. The molecule has 1 saturated heterocycles. The summed E-state index contributed by atoms with van der Waals surface area (Å²) < 4.78 is 13.7. The summed E-state index contributed by atoms with van der Waals surface area (Å²) in [5.41, 5.74) is 3.41. The molecule has 0 aliphatic carbocycles. The van der Waals surface area contributed by atoms with Crippen LogP contribution in [-0.4, -0.2) is 60.7 Å². The molecule has 1 amide bonds. The summed E-state index contributed by atoms with van der Waals surface area (Å²) in [5, 5.41) is 10.2. The van der Waals surface area contributed by atoms with Gasteiger partial charge in [-0.3, -0.25) is 0 Å². The Morgan fingerprint density at radius 1 is 1.06 bits per heavy atom. The van der Waals surface area contributed by atoms with E-state index >= 15 is 0 Å². The third kappa shape index (κ3) is 5.95. The normalized spacial score (nSPS) is 20.0. The molecule has 3 aromatic rings. The van der Waals surface area contributed by atoms with Crippen LogP contribution in [0.5, 0.6) is 5.75 Å². The van der Waals surface area contributed by atoms with E-state index < -0.39 is 0 Å². The number of hydrogen-bond donors (Lipinski definition) is 1. The van der Waals surface area contributed by atoms with Crippen LogP contribution in [0.15, 0.2) is 77.7 Å². The molecule has 1 N–H and O–H groups in total. The minimum atomic E-state index is -0.388. The Kier molecular flexibility index (Phi) is 7.93. The molecule has 8 heteroatoms. The number of phenols is 1. The first-order valence-corrected chi connectivity index (χ1v) is 11.8. The monoisotopic (exact) mass is 467 g/mol. The van der Waals surface area contributed by atoms with Crippen LogP contribution in [0.1, 0.15) is 46.9 Å². The van der Waals surface area contributed by atoms with Crippen molar-refractivity contribution in [2.75, 3.05) is 13.1 Å². The predicted octanol–water partition coefficient (Wildman–Crippen LogP) is 4.33. The quantitative estimate of drug-likeness (QED) is 0.549. The van der Waals surface area contributed by atoms with Gasteiger partial charge >= 0.3 is 168 Å². The van der Waals surface area contributed by atoms with E-state index in [1.807, 2.05) is 30.3 Å². The van der Waals surface area contributed by atoms with E-state index in [9.17, 15) is 14.3 Å². The molecule has 2 radical (unpaired) electrons. The van der Waals surface area contributed by atoms with E-state index in [1.165, 1.54) is 6.07 Å². The molecule has 1 fully saturated rings. The van der Waals surface area contributed by atoms with Crippen LogP contribution in [0.2, 0.25) is 0 Å². The number of piperazine rings is 1. The topological polar surface area (TPSA) is 56.1 Å². The van der Waals surface area contributed by atoms with Crippen molar-refractivity contribution in [3.05, 3.63) is 101 Å². The summed E-state index contributed by atoms with van der Waals surface area (Å²) in [7, 11) is 5.26. The number of carbonyl (C=O) groups excluding carboxylic acids is 1. The molecule has 1 aliphatic heterocycles. The van der Waals surface area contributed by atoms with Gasteiger partial charge in [-0.25, -0.2) is 4.39 Å². The molecule has 0 saturated carbocycles. The molecule has 0 spiro atoms. The molecule has 3 aromatic carbocycles. The zero-order chi connectivity index (χ0) is 24.9. The van der Waals surface area contributed by atoms with Crippen LogP contribution < -0.4 is 0 Å². The Morgan fingerprint density at radius 3 is 2.49 bits per heavy atom. The molecule has 1 aliphatic rings. The predicted molar refractivity (Wildman–Crippen MR) is 137 cm³/mol. The fourth-order valence-corrected chi connectivity index (χ4v) is 4.90. The van der Waals surface area contributed by atoms with Crippen molar-refractivity contribution in [1.29, 1.82) is 0 Å². The van der Waals surface area contributed by atoms with Crippen molar-refractivity contribution < 1.29 is 14.3 Å². The summed E-state index contributed by atoms with van der Waals surface area (Å²) in [6, 6.07) is 21.8. The molecular weight excluding hydrogens is 439 g/mol. The SMILES string of the molecule is [B]B=NC(=O)c1ccc(C(c2cccc(O)c2)N2C[C@@H](C)N(Cc3cccc(F)c3)C[C@@H]2C)cc1. The van der Waals surface area contributed by atoms with Gasteiger partial charge in [0, 0.05) is 0 Å². The van der Waals surface area contributed by atoms with Crippen molar-refractivity contribution in [2.24, 2.45) is 4.90 Å². The molecule has 1 heterocycles. The Balaban J connectivity index is 1.62. The summed E-state index contributed by atoms with van der Waals surface area (Å²) in [4.78, 5) is 20.5. The number of nitrogens with zero attached hydrogens (tertiary/aromatic N) is 3. The molecule has 4 rings (SSSR count). The van der Waals surface area contributed by atoms with Gasteiger partial charge in [-0.1, -0.05) is 12.1 Å². The first-order chi connectivity index (χ1) is 16.9. The third-order valence-corrected chi connectivity index (χ3v) is 6.62. The maximum atomic E-state index is 13.7. The van der Waals surface area contributed by atoms with Crippen molar-refractivity contribution in [1.82, 2.24) is 9.80 Å². The number of aromatic hydroxyl groups is 1.